The summed E-state index contributed by atoms with van der Waals surface area (Å²) in [5.41, 5.74) is 1.37. The van der Waals surface area contributed by atoms with E-state index in [0.29, 0.717) is 24.5 Å². The van der Waals surface area contributed by atoms with Gasteiger partial charge in [-0.15, -0.1) is 11.6 Å². The Morgan fingerprint density at radius 2 is 2.05 bits per heavy atom. The van der Waals surface area contributed by atoms with Crippen molar-refractivity contribution in [2.75, 3.05) is 12.5 Å². The fraction of sp³-hybridized carbons (Fsp3) is 0.588. The number of alkyl halides is 1. The lowest BCUT2D eigenvalue weighted by Gasteiger charge is -2.22. The van der Waals surface area contributed by atoms with Gasteiger partial charge in [0.25, 0.3) is 0 Å². The van der Waals surface area contributed by atoms with Gasteiger partial charge in [-0.2, -0.15) is 0 Å². The van der Waals surface area contributed by atoms with E-state index in [1.807, 2.05) is 13.0 Å². The van der Waals surface area contributed by atoms with Crippen LogP contribution in [0, 0.1) is 11.2 Å². The fourth-order valence-electron chi connectivity index (χ4n) is 2.24. The summed E-state index contributed by atoms with van der Waals surface area (Å²) in [6.07, 6.45) is 1.34. The summed E-state index contributed by atoms with van der Waals surface area (Å²) in [7, 11) is 0. The molecule has 0 saturated heterocycles. The first kappa shape index (κ1) is 18.0. The predicted molar refractivity (Wildman–Crippen MR) is 87.1 cm³/mol. The van der Waals surface area contributed by atoms with Gasteiger partial charge in [-0.25, -0.2) is 4.39 Å². The SMILES string of the molecule is CCOC(=N)C(CCCCl)c1ccc(C(C)(C)C)cc1F. The van der Waals surface area contributed by atoms with Crippen molar-refractivity contribution in [3.05, 3.63) is 35.1 Å². The van der Waals surface area contributed by atoms with E-state index in [1.54, 1.807) is 12.1 Å². The quantitative estimate of drug-likeness (QED) is 0.435. The Bertz CT molecular complexity index is 482. The Morgan fingerprint density at radius 1 is 1.38 bits per heavy atom. The van der Waals surface area contributed by atoms with Crippen molar-refractivity contribution in [3.63, 3.8) is 0 Å². The highest BCUT2D eigenvalue weighted by Crippen LogP contribution is 2.30. The van der Waals surface area contributed by atoms with Gasteiger partial charge in [-0.05, 0) is 36.8 Å². The Balaban J connectivity index is 3.10. The fourth-order valence-corrected chi connectivity index (χ4v) is 2.40. The largest absolute Gasteiger partial charge is 0.481 e. The molecule has 1 aromatic carbocycles. The minimum Gasteiger partial charge on any atom is -0.481 e. The van der Waals surface area contributed by atoms with E-state index < -0.39 is 0 Å². The van der Waals surface area contributed by atoms with Gasteiger partial charge < -0.3 is 4.74 Å². The van der Waals surface area contributed by atoms with Crippen LogP contribution in [0.15, 0.2) is 18.2 Å². The van der Waals surface area contributed by atoms with Crippen LogP contribution in [0.25, 0.3) is 0 Å². The van der Waals surface area contributed by atoms with Crippen molar-refractivity contribution in [1.82, 2.24) is 0 Å². The standard InChI is InChI=1S/C17H25ClFNO/c1-5-21-16(20)14(7-6-10-18)13-9-8-12(11-15(13)19)17(2,3)4/h8-9,11,14,20H,5-7,10H2,1-4H3. The summed E-state index contributed by atoms with van der Waals surface area (Å²) >= 11 is 5.73. The van der Waals surface area contributed by atoms with Crippen LogP contribution in [0.1, 0.15) is 57.6 Å². The van der Waals surface area contributed by atoms with E-state index in [0.717, 1.165) is 12.0 Å². The lowest BCUT2D eigenvalue weighted by atomic mass is 9.84. The normalized spacial score (nSPS) is 13.0. The zero-order valence-electron chi connectivity index (χ0n) is 13.3. The molecule has 0 heterocycles. The maximum atomic E-state index is 14.5. The first-order chi connectivity index (χ1) is 9.81. The van der Waals surface area contributed by atoms with Gasteiger partial charge in [-0.1, -0.05) is 32.9 Å². The summed E-state index contributed by atoms with van der Waals surface area (Å²) in [4.78, 5) is 0. The van der Waals surface area contributed by atoms with E-state index in [4.69, 9.17) is 21.7 Å². The molecule has 1 N–H and O–H groups in total. The van der Waals surface area contributed by atoms with Crippen LogP contribution in [-0.4, -0.2) is 18.4 Å². The molecular formula is C17H25ClFNO. The molecule has 1 unspecified atom stereocenters. The second-order valence-corrected chi connectivity index (χ2v) is 6.55. The average molecular weight is 314 g/mol. The summed E-state index contributed by atoms with van der Waals surface area (Å²) in [5, 5.41) is 8.00. The zero-order valence-corrected chi connectivity index (χ0v) is 14.1. The highest BCUT2D eigenvalue weighted by atomic mass is 35.5. The van der Waals surface area contributed by atoms with Gasteiger partial charge in [0, 0.05) is 11.4 Å². The van der Waals surface area contributed by atoms with Gasteiger partial charge >= 0.3 is 0 Å². The number of halogens is 2. The van der Waals surface area contributed by atoms with E-state index in [1.165, 1.54) is 0 Å². The predicted octanol–water partition coefficient (Wildman–Crippen LogP) is 5.24. The van der Waals surface area contributed by atoms with Crippen molar-refractivity contribution in [2.45, 2.75) is 51.9 Å². The van der Waals surface area contributed by atoms with Gasteiger partial charge in [-0.3, -0.25) is 5.41 Å². The van der Waals surface area contributed by atoms with Crippen molar-refractivity contribution in [3.8, 4) is 0 Å². The molecule has 1 aromatic rings. The first-order valence-electron chi connectivity index (χ1n) is 7.38. The third-order valence-electron chi connectivity index (χ3n) is 3.48. The molecule has 0 saturated carbocycles. The number of hydrogen-bond donors (Lipinski definition) is 1. The number of benzene rings is 1. The van der Waals surface area contributed by atoms with E-state index >= 15 is 0 Å². The molecule has 118 valence electrons. The summed E-state index contributed by atoms with van der Waals surface area (Å²) in [6.45, 7) is 8.39. The van der Waals surface area contributed by atoms with Gasteiger partial charge in [0.05, 0.1) is 12.5 Å². The van der Waals surface area contributed by atoms with Crippen LogP contribution < -0.4 is 0 Å². The number of nitrogens with one attached hydrogen (secondary N) is 1. The molecular weight excluding hydrogens is 289 g/mol. The second kappa shape index (κ2) is 7.79. The Morgan fingerprint density at radius 3 is 2.52 bits per heavy atom. The minimum atomic E-state index is -0.363. The molecule has 0 radical (unpaired) electrons. The lowest BCUT2D eigenvalue weighted by molar-refractivity contribution is 0.304. The molecule has 0 aliphatic rings. The molecule has 21 heavy (non-hydrogen) atoms. The van der Waals surface area contributed by atoms with Gasteiger partial charge in [0.1, 0.15) is 5.82 Å². The molecule has 0 aliphatic heterocycles. The topological polar surface area (TPSA) is 33.1 Å². The maximum Gasteiger partial charge on any atom is 0.188 e. The summed E-state index contributed by atoms with van der Waals surface area (Å²) in [6, 6.07) is 5.29. The van der Waals surface area contributed by atoms with Crippen molar-refractivity contribution in [2.24, 2.45) is 0 Å². The van der Waals surface area contributed by atoms with Crippen LogP contribution in [0.5, 0.6) is 0 Å². The van der Waals surface area contributed by atoms with Crippen LogP contribution in [0.4, 0.5) is 4.39 Å². The molecule has 0 aliphatic carbocycles. The summed E-state index contributed by atoms with van der Waals surface area (Å²) < 4.78 is 19.8. The third kappa shape index (κ3) is 4.99. The van der Waals surface area contributed by atoms with Gasteiger partial charge in [0.15, 0.2) is 5.90 Å². The highest BCUT2D eigenvalue weighted by Gasteiger charge is 2.23. The second-order valence-electron chi connectivity index (χ2n) is 6.17. The Hall–Kier alpha value is -1.09. The Labute approximate surface area is 132 Å². The number of hydrogen-bond acceptors (Lipinski definition) is 2. The molecule has 0 aromatic heterocycles. The van der Waals surface area contributed by atoms with E-state index in [2.05, 4.69) is 20.8 Å². The Kier molecular flexibility index (Phi) is 6.66. The van der Waals surface area contributed by atoms with Crippen LogP contribution in [0.3, 0.4) is 0 Å². The van der Waals surface area contributed by atoms with Crippen LogP contribution in [0.2, 0.25) is 0 Å². The van der Waals surface area contributed by atoms with Crippen LogP contribution >= 0.6 is 11.6 Å². The molecule has 0 spiro atoms. The van der Waals surface area contributed by atoms with Crippen molar-refractivity contribution >= 4 is 17.5 Å². The first-order valence-corrected chi connectivity index (χ1v) is 7.91. The zero-order chi connectivity index (χ0) is 16.0. The molecule has 1 atom stereocenters. The molecule has 0 amide bonds. The van der Waals surface area contributed by atoms with Crippen molar-refractivity contribution < 1.29 is 9.13 Å². The van der Waals surface area contributed by atoms with Crippen LogP contribution in [-0.2, 0) is 10.2 Å². The van der Waals surface area contributed by atoms with Crippen molar-refractivity contribution in [1.29, 1.82) is 5.41 Å². The third-order valence-corrected chi connectivity index (χ3v) is 3.75. The molecule has 0 bridgehead atoms. The molecule has 2 nitrogen and oxygen atoms in total. The highest BCUT2D eigenvalue weighted by molar-refractivity contribution is 6.17. The lowest BCUT2D eigenvalue weighted by Crippen LogP contribution is -2.18. The minimum absolute atomic E-state index is 0.0988. The molecule has 0 fully saturated rings. The average Bonchev–Trinajstić information content (AvgIpc) is 2.39. The van der Waals surface area contributed by atoms with Gasteiger partial charge in [0.2, 0.25) is 0 Å². The smallest absolute Gasteiger partial charge is 0.188 e. The summed E-state index contributed by atoms with van der Waals surface area (Å²) in [5.74, 6) is -0.0216. The number of rotatable bonds is 6. The monoisotopic (exact) mass is 313 g/mol. The number of ether oxygens (including phenoxy) is 1. The van der Waals surface area contributed by atoms with E-state index in [9.17, 15) is 4.39 Å². The molecule has 4 heteroatoms. The van der Waals surface area contributed by atoms with E-state index in [-0.39, 0.29) is 23.0 Å². The molecule has 1 rings (SSSR count). The maximum absolute atomic E-state index is 14.5.